The van der Waals surface area contributed by atoms with Gasteiger partial charge in [-0.25, -0.2) is 4.79 Å². The zero-order valence-electron chi connectivity index (χ0n) is 15.5. The van der Waals surface area contributed by atoms with Gasteiger partial charge in [-0.3, -0.25) is 0 Å². The van der Waals surface area contributed by atoms with E-state index in [2.05, 4.69) is 11.8 Å². The monoisotopic (exact) mass is 417 g/mol. The average Bonchev–Trinajstić information content (AvgIpc) is 2.67. The van der Waals surface area contributed by atoms with E-state index >= 15 is 0 Å². The van der Waals surface area contributed by atoms with Crippen LogP contribution in [0.15, 0.2) is 48.5 Å². The van der Waals surface area contributed by atoms with Crippen LogP contribution in [-0.4, -0.2) is 34.8 Å². The van der Waals surface area contributed by atoms with Crippen molar-refractivity contribution >= 4 is 29.3 Å². The maximum Gasteiger partial charge on any atom is 0.410 e. The highest BCUT2D eigenvalue weighted by molar-refractivity contribution is 6.31. The number of halogens is 2. The zero-order valence-corrected chi connectivity index (χ0v) is 17.0. The fourth-order valence-corrected chi connectivity index (χ4v) is 3.62. The first-order valence-corrected chi connectivity index (χ1v) is 9.83. The van der Waals surface area contributed by atoms with Gasteiger partial charge < -0.3 is 14.7 Å². The Morgan fingerprint density at radius 3 is 2.79 bits per heavy atom. The van der Waals surface area contributed by atoms with Crippen LogP contribution < -0.4 is 0 Å². The highest BCUT2D eigenvalue weighted by Crippen LogP contribution is 2.27. The molecule has 3 rings (SSSR count). The predicted molar refractivity (Wildman–Crippen MR) is 110 cm³/mol. The topological polar surface area (TPSA) is 49.8 Å². The number of carbonyl (C=O) groups excluding carboxylic acids is 1. The number of hydrogen-bond donors (Lipinski definition) is 1. The molecule has 1 fully saturated rings. The van der Waals surface area contributed by atoms with Gasteiger partial charge in [-0.15, -0.1) is 0 Å². The van der Waals surface area contributed by atoms with E-state index in [1.807, 2.05) is 24.3 Å². The standard InChI is InChI=1S/C22H21Cl2NO3/c1-16(19-8-2-3-9-20(19)24)28-21(26)25-13-5-11-22(27,15-25)12-10-17-6-4-7-18(23)14-17/h2-4,6-9,14,16,27H,5,11,13,15H2,1H3. The predicted octanol–water partition coefficient (Wildman–Crippen LogP) is 5.07. The van der Waals surface area contributed by atoms with Crippen molar-refractivity contribution < 1.29 is 14.6 Å². The molecule has 0 bridgehead atoms. The number of nitrogens with zero attached hydrogens (tertiary/aromatic N) is 1. The summed E-state index contributed by atoms with van der Waals surface area (Å²) in [7, 11) is 0. The van der Waals surface area contributed by atoms with Crippen LogP contribution >= 0.6 is 23.2 Å². The lowest BCUT2D eigenvalue weighted by atomic mass is 9.93. The highest BCUT2D eigenvalue weighted by atomic mass is 35.5. The molecule has 28 heavy (non-hydrogen) atoms. The molecule has 1 aliphatic rings. The normalized spacial score (nSPS) is 20.1. The number of carbonyl (C=O) groups is 1. The third-order valence-corrected chi connectivity index (χ3v) is 5.19. The lowest BCUT2D eigenvalue weighted by Crippen LogP contribution is -2.49. The summed E-state index contributed by atoms with van der Waals surface area (Å²) in [5.74, 6) is 5.85. The minimum atomic E-state index is -1.28. The van der Waals surface area contributed by atoms with Crippen molar-refractivity contribution in [3.63, 3.8) is 0 Å². The van der Waals surface area contributed by atoms with E-state index in [0.29, 0.717) is 35.0 Å². The molecule has 1 heterocycles. The molecule has 146 valence electrons. The van der Waals surface area contributed by atoms with Crippen molar-refractivity contribution in [1.82, 2.24) is 4.90 Å². The second-order valence-electron chi connectivity index (χ2n) is 6.86. The van der Waals surface area contributed by atoms with Crippen LogP contribution in [0.5, 0.6) is 0 Å². The van der Waals surface area contributed by atoms with Gasteiger partial charge in [-0.1, -0.05) is 59.3 Å². The van der Waals surface area contributed by atoms with Crippen molar-refractivity contribution in [3.05, 3.63) is 69.7 Å². The SMILES string of the molecule is CC(OC(=O)N1CCCC(O)(C#Cc2cccc(Cl)c2)C1)c1ccccc1Cl. The summed E-state index contributed by atoms with van der Waals surface area (Å²) in [5.41, 5.74) is 0.172. The van der Waals surface area contributed by atoms with E-state index < -0.39 is 17.8 Å². The van der Waals surface area contributed by atoms with Crippen molar-refractivity contribution in [2.24, 2.45) is 0 Å². The molecule has 2 atom stereocenters. The van der Waals surface area contributed by atoms with Crippen LogP contribution in [0.1, 0.15) is 37.0 Å². The van der Waals surface area contributed by atoms with Gasteiger partial charge in [0.05, 0.1) is 6.54 Å². The molecular formula is C22H21Cl2NO3. The lowest BCUT2D eigenvalue weighted by Gasteiger charge is -2.35. The lowest BCUT2D eigenvalue weighted by molar-refractivity contribution is 0.00190. The number of aliphatic hydroxyl groups is 1. The molecule has 0 aliphatic carbocycles. The molecule has 0 aromatic heterocycles. The maximum atomic E-state index is 12.6. The molecular weight excluding hydrogens is 397 g/mol. The van der Waals surface area contributed by atoms with Crippen molar-refractivity contribution in [1.29, 1.82) is 0 Å². The Bertz CT molecular complexity index is 921. The molecule has 0 spiro atoms. The second-order valence-corrected chi connectivity index (χ2v) is 7.71. The summed E-state index contributed by atoms with van der Waals surface area (Å²) < 4.78 is 5.55. The van der Waals surface area contributed by atoms with Crippen molar-refractivity contribution in [2.75, 3.05) is 13.1 Å². The quantitative estimate of drug-likeness (QED) is 0.693. The minimum absolute atomic E-state index is 0.0919. The summed E-state index contributed by atoms with van der Waals surface area (Å²) in [6, 6.07) is 14.4. The molecule has 2 aromatic rings. The molecule has 0 radical (unpaired) electrons. The molecule has 1 aliphatic heterocycles. The van der Waals surface area contributed by atoms with Crippen LogP contribution in [0, 0.1) is 11.8 Å². The van der Waals surface area contributed by atoms with Gasteiger partial charge in [-0.2, -0.15) is 0 Å². The van der Waals surface area contributed by atoms with Crippen LogP contribution in [-0.2, 0) is 4.74 Å². The minimum Gasteiger partial charge on any atom is -0.441 e. The third kappa shape index (κ3) is 5.20. The Balaban J connectivity index is 1.67. The molecule has 0 saturated carbocycles. The third-order valence-electron chi connectivity index (χ3n) is 4.61. The molecule has 1 amide bonds. The second kappa shape index (κ2) is 8.87. The first-order valence-electron chi connectivity index (χ1n) is 9.07. The van der Waals surface area contributed by atoms with Crippen LogP contribution in [0.25, 0.3) is 0 Å². The van der Waals surface area contributed by atoms with Crippen LogP contribution in [0.3, 0.4) is 0 Å². The molecule has 2 unspecified atom stereocenters. The largest absolute Gasteiger partial charge is 0.441 e. The van der Waals surface area contributed by atoms with Gasteiger partial charge in [0.1, 0.15) is 11.7 Å². The highest BCUT2D eigenvalue weighted by Gasteiger charge is 2.35. The van der Waals surface area contributed by atoms with Gasteiger partial charge in [-0.05, 0) is 44.0 Å². The van der Waals surface area contributed by atoms with Gasteiger partial charge in [0, 0.05) is 27.7 Å². The fourth-order valence-electron chi connectivity index (χ4n) is 3.14. The van der Waals surface area contributed by atoms with Crippen LogP contribution in [0.2, 0.25) is 10.0 Å². The first-order chi connectivity index (χ1) is 13.4. The van der Waals surface area contributed by atoms with Gasteiger partial charge in [0.25, 0.3) is 0 Å². The maximum absolute atomic E-state index is 12.6. The Morgan fingerprint density at radius 2 is 2.04 bits per heavy atom. The number of piperidine rings is 1. The van der Waals surface area contributed by atoms with E-state index in [1.165, 1.54) is 4.90 Å². The summed E-state index contributed by atoms with van der Waals surface area (Å²) >= 11 is 12.1. The van der Waals surface area contributed by atoms with Gasteiger partial charge in [0.15, 0.2) is 0 Å². The Labute approximate surface area is 175 Å². The number of amides is 1. The number of hydrogen-bond acceptors (Lipinski definition) is 3. The van der Waals surface area contributed by atoms with E-state index in [-0.39, 0.29) is 6.54 Å². The summed E-state index contributed by atoms with van der Waals surface area (Å²) in [6.07, 6.45) is 0.143. The fraction of sp³-hybridized carbons (Fsp3) is 0.318. The summed E-state index contributed by atoms with van der Waals surface area (Å²) in [5, 5.41) is 12.0. The number of β-amino-alcohol motifs (C(OH)–C–C–N with tert-alkyl or cyclic N) is 1. The zero-order chi connectivity index (χ0) is 20.1. The number of benzene rings is 2. The molecule has 4 nitrogen and oxygen atoms in total. The van der Waals surface area contributed by atoms with Crippen molar-refractivity contribution in [3.8, 4) is 11.8 Å². The van der Waals surface area contributed by atoms with E-state index in [1.54, 1.807) is 31.2 Å². The van der Waals surface area contributed by atoms with Crippen LogP contribution in [0.4, 0.5) is 4.79 Å². The molecule has 1 N–H and O–H groups in total. The number of ether oxygens (including phenoxy) is 1. The Kier molecular flexibility index (Phi) is 6.51. The summed E-state index contributed by atoms with van der Waals surface area (Å²) in [6.45, 7) is 2.37. The Hall–Kier alpha value is -2.19. The smallest absolute Gasteiger partial charge is 0.410 e. The number of rotatable bonds is 2. The number of likely N-dealkylation sites (tertiary alicyclic amines) is 1. The average molecular weight is 418 g/mol. The van der Waals surface area contributed by atoms with Gasteiger partial charge in [0.2, 0.25) is 0 Å². The van der Waals surface area contributed by atoms with E-state index in [0.717, 1.165) is 5.56 Å². The van der Waals surface area contributed by atoms with E-state index in [9.17, 15) is 9.90 Å². The molecule has 2 aromatic carbocycles. The van der Waals surface area contributed by atoms with Gasteiger partial charge >= 0.3 is 6.09 Å². The summed E-state index contributed by atoms with van der Waals surface area (Å²) in [4.78, 5) is 14.1. The molecule has 1 saturated heterocycles. The van der Waals surface area contributed by atoms with Crippen molar-refractivity contribution in [2.45, 2.75) is 31.5 Å². The first kappa shape index (κ1) is 20.5. The Morgan fingerprint density at radius 1 is 1.25 bits per heavy atom. The van der Waals surface area contributed by atoms with E-state index in [4.69, 9.17) is 27.9 Å². The molecule has 6 heteroatoms.